The van der Waals surface area contributed by atoms with Crippen molar-refractivity contribution in [1.29, 1.82) is 0 Å². The third kappa shape index (κ3) is 0.911. The van der Waals surface area contributed by atoms with Crippen LogP contribution in [0.4, 0.5) is 0 Å². The van der Waals surface area contributed by atoms with Gasteiger partial charge in [-0.15, -0.1) is 6.42 Å². The Morgan fingerprint density at radius 2 is 2.50 bits per heavy atom. The summed E-state index contributed by atoms with van der Waals surface area (Å²) in [6, 6.07) is 0. The van der Waals surface area contributed by atoms with E-state index in [-0.39, 0.29) is 0 Å². The molecule has 0 bridgehead atoms. The zero-order chi connectivity index (χ0) is 8.55. The fourth-order valence-electron chi connectivity index (χ4n) is 1.46. The lowest BCUT2D eigenvalue weighted by atomic mass is 10.1. The summed E-state index contributed by atoms with van der Waals surface area (Å²) in [5, 5.41) is 3.13. The van der Waals surface area contributed by atoms with Gasteiger partial charge >= 0.3 is 0 Å². The molecule has 2 aliphatic rings. The molecule has 0 aromatic carbocycles. The smallest absolute Gasteiger partial charge is 0.0916 e. The average Bonchev–Trinajstić information content (AvgIpc) is 2.50. The van der Waals surface area contributed by atoms with Crippen molar-refractivity contribution in [3.63, 3.8) is 0 Å². The molecule has 2 aliphatic heterocycles. The van der Waals surface area contributed by atoms with E-state index < -0.39 is 0 Å². The normalized spacial score (nSPS) is 20.0. The van der Waals surface area contributed by atoms with Gasteiger partial charge in [0, 0.05) is 18.0 Å². The molecule has 0 saturated carbocycles. The second-order valence-electron chi connectivity index (χ2n) is 2.94. The van der Waals surface area contributed by atoms with Gasteiger partial charge in [0.1, 0.15) is 0 Å². The summed E-state index contributed by atoms with van der Waals surface area (Å²) in [6.45, 7) is 2.87. The third-order valence-corrected chi connectivity index (χ3v) is 1.97. The highest BCUT2D eigenvalue weighted by molar-refractivity contribution is 5.51. The first kappa shape index (κ1) is 7.05. The molecule has 2 nitrogen and oxygen atoms in total. The van der Waals surface area contributed by atoms with Crippen molar-refractivity contribution in [3.8, 4) is 12.3 Å². The molecule has 2 heterocycles. The minimum Gasteiger partial charge on any atom is -0.372 e. The van der Waals surface area contributed by atoms with E-state index in [0.717, 1.165) is 17.9 Å². The van der Waals surface area contributed by atoms with Crippen LogP contribution in [-0.2, 0) is 0 Å². The van der Waals surface area contributed by atoms with E-state index >= 15 is 0 Å². The molecule has 0 spiro atoms. The molecule has 0 aliphatic carbocycles. The maximum atomic E-state index is 5.38. The van der Waals surface area contributed by atoms with Gasteiger partial charge in [-0.3, -0.25) is 0 Å². The summed E-state index contributed by atoms with van der Waals surface area (Å²) in [7, 11) is 0. The van der Waals surface area contributed by atoms with Gasteiger partial charge in [-0.2, -0.15) is 0 Å². The lowest BCUT2D eigenvalue weighted by molar-refractivity contribution is 0.491. The van der Waals surface area contributed by atoms with E-state index in [2.05, 4.69) is 22.3 Å². The highest BCUT2D eigenvalue weighted by atomic mass is 15.3. The standard InChI is InChI=1S/C10H10N2/c1-3-9-4-8(2)6-12-7-11-5-10(9)12/h1,4-6,11H,7H2,2H3. The Balaban J connectivity index is 2.44. The fraction of sp³-hybridized carbons (Fsp3) is 0.200. The van der Waals surface area contributed by atoms with Crippen LogP contribution in [0.5, 0.6) is 0 Å². The van der Waals surface area contributed by atoms with Crippen molar-refractivity contribution in [2.24, 2.45) is 0 Å². The lowest BCUT2D eigenvalue weighted by Gasteiger charge is -2.21. The number of hydrogen-bond acceptors (Lipinski definition) is 2. The van der Waals surface area contributed by atoms with Crippen LogP contribution >= 0.6 is 0 Å². The molecular weight excluding hydrogens is 148 g/mol. The van der Waals surface area contributed by atoms with E-state index in [1.54, 1.807) is 0 Å². The topological polar surface area (TPSA) is 15.3 Å². The van der Waals surface area contributed by atoms with E-state index in [9.17, 15) is 0 Å². The van der Waals surface area contributed by atoms with E-state index in [1.165, 1.54) is 5.57 Å². The zero-order valence-corrected chi connectivity index (χ0v) is 6.96. The van der Waals surface area contributed by atoms with Gasteiger partial charge < -0.3 is 10.2 Å². The number of hydrogen-bond donors (Lipinski definition) is 1. The van der Waals surface area contributed by atoms with Crippen molar-refractivity contribution in [1.82, 2.24) is 10.2 Å². The SMILES string of the molecule is C#CC1=CC(C)=CN2CNC=C12. The largest absolute Gasteiger partial charge is 0.372 e. The fourth-order valence-corrected chi connectivity index (χ4v) is 1.46. The zero-order valence-electron chi connectivity index (χ0n) is 6.96. The first-order valence-electron chi connectivity index (χ1n) is 3.88. The molecule has 2 heteroatoms. The Kier molecular flexibility index (Phi) is 1.44. The van der Waals surface area contributed by atoms with Crippen LogP contribution in [0.25, 0.3) is 0 Å². The third-order valence-electron chi connectivity index (χ3n) is 1.97. The van der Waals surface area contributed by atoms with Gasteiger partial charge in [0.2, 0.25) is 0 Å². The van der Waals surface area contributed by atoms with Crippen molar-refractivity contribution >= 4 is 0 Å². The Hall–Kier alpha value is -1.62. The molecule has 0 unspecified atom stereocenters. The molecule has 1 N–H and O–H groups in total. The predicted molar refractivity (Wildman–Crippen MR) is 48.6 cm³/mol. The number of nitrogens with zero attached hydrogens (tertiary/aromatic N) is 1. The molecule has 12 heavy (non-hydrogen) atoms. The van der Waals surface area contributed by atoms with Crippen molar-refractivity contribution < 1.29 is 0 Å². The predicted octanol–water partition coefficient (Wildman–Crippen LogP) is 1.17. The van der Waals surface area contributed by atoms with Crippen molar-refractivity contribution in [2.45, 2.75) is 6.92 Å². The summed E-state index contributed by atoms with van der Waals surface area (Å²) in [5.74, 6) is 2.68. The van der Waals surface area contributed by atoms with Crippen LogP contribution in [0.3, 0.4) is 0 Å². The van der Waals surface area contributed by atoms with Crippen molar-refractivity contribution in [2.75, 3.05) is 6.67 Å². The number of fused-ring (bicyclic) bond motifs is 1. The number of terminal acetylenes is 1. The molecule has 60 valence electrons. The molecule has 2 rings (SSSR count). The highest BCUT2D eigenvalue weighted by Gasteiger charge is 2.18. The van der Waals surface area contributed by atoms with Crippen LogP contribution < -0.4 is 5.32 Å². The second-order valence-corrected chi connectivity index (χ2v) is 2.94. The molecule has 0 fully saturated rings. The monoisotopic (exact) mass is 158 g/mol. The van der Waals surface area contributed by atoms with Gasteiger partial charge in [-0.1, -0.05) is 5.92 Å². The minimum atomic E-state index is 0.825. The Morgan fingerprint density at radius 1 is 1.67 bits per heavy atom. The molecule has 0 aromatic rings. The van der Waals surface area contributed by atoms with Gasteiger partial charge in [0.25, 0.3) is 0 Å². The van der Waals surface area contributed by atoms with Crippen LogP contribution in [0.1, 0.15) is 6.92 Å². The van der Waals surface area contributed by atoms with Crippen LogP contribution in [0, 0.1) is 12.3 Å². The molecule has 0 aromatic heterocycles. The van der Waals surface area contributed by atoms with E-state index in [1.807, 2.05) is 19.2 Å². The first-order chi connectivity index (χ1) is 5.81. The molecule has 0 atom stereocenters. The molecule has 0 saturated heterocycles. The lowest BCUT2D eigenvalue weighted by Crippen LogP contribution is -2.20. The maximum absolute atomic E-state index is 5.38. The highest BCUT2D eigenvalue weighted by Crippen LogP contribution is 2.24. The van der Waals surface area contributed by atoms with Crippen LogP contribution in [0.2, 0.25) is 0 Å². The molecule has 0 radical (unpaired) electrons. The molecule has 0 amide bonds. The summed E-state index contributed by atoms with van der Waals surface area (Å²) >= 11 is 0. The van der Waals surface area contributed by atoms with Gasteiger partial charge in [-0.05, 0) is 18.6 Å². The summed E-state index contributed by atoms with van der Waals surface area (Å²) in [6.07, 6.45) is 11.4. The number of nitrogens with one attached hydrogen (secondary N) is 1. The van der Waals surface area contributed by atoms with Gasteiger partial charge in [-0.25, -0.2) is 0 Å². The number of allylic oxidation sites excluding steroid dienone is 3. The van der Waals surface area contributed by atoms with E-state index in [0.29, 0.717) is 0 Å². The van der Waals surface area contributed by atoms with Crippen LogP contribution in [0.15, 0.2) is 35.3 Å². The summed E-state index contributed by atoms with van der Waals surface area (Å²) in [4.78, 5) is 2.12. The Morgan fingerprint density at radius 3 is 3.25 bits per heavy atom. The second kappa shape index (κ2) is 2.46. The summed E-state index contributed by atoms with van der Waals surface area (Å²) < 4.78 is 0. The average molecular weight is 158 g/mol. The van der Waals surface area contributed by atoms with E-state index in [4.69, 9.17) is 6.42 Å². The minimum absolute atomic E-state index is 0.825. The quantitative estimate of drug-likeness (QED) is 0.532. The van der Waals surface area contributed by atoms with Crippen LogP contribution in [-0.4, -0.2) is 11.6 Å². The maximum Gasteiger partial charge on any atom is 0.0916 e. The Labute approximate surface area is 72.3 Å². The summed E-state index contributed by atoms with van der Waals surface area (Å²) in [5.41, 5.74) is 3.26. The first-order valence-corrected chi connectivity index (χ1v) is 3.88. The number of rotatable bonds is 0. The van der Waals surface area contributed by atoms with Gasteiger partial charge in [0.15, 0.2) is 0 Å². The molecular formula is C10H10N2. The van der Waals surface area contributed by atoms with Gasteiger partial charge in [0.05, 0.1) is 12.4 Å². The van der Waals surface area contributed by atoms with Crippen molar-refractivity contribution in [3.05, 3.63) is 35.3 Å². The Bertz CT molecular complexity index is 339.